The standard InChI is InChI=1S/C19H25N3O4/c1-4-18(23)20-13-5-6-16(11(2)7-13)22-10-12-8-14(19(24)25)17(26-3)9-15(12)21-22/h8-11,13,16H,4-7H2,1-3H3,(H,20,23)(H,24,25)/t11-,13?,16-/m1/s1. The lowest BCUT2D eigenvalue weighted by Gasteiger charge is -2.34. The molecule has 1 aliphatic rings. The van der Waals surface area contributed by atoms with E-state index in [1.54, 1.807) is 12.1 Å². The van der Waals surface area contributed by atoms with E-state index >= 15 is 0 Å². The lowest BCUT2D eigenvalue weighted by Crippen LogP contribution is -2.40. The first-order valence-corrected chi connectivity index (χ1v) is 9.02. The summed E-state index contributed by atoms with van der Waals surface area (Å²) in [7, 11) is 1.46. The second kappa shape index (κ2) is 7.35. The van der Waals surface area contributed by atoms with Crippen LogP contribution in [0.2, 0.25) is 0 Å². The van der Waals surface area contributed by atoms with Gasteiger partial charge < -0.3 is 15.2 Å². The molecule has 1 fully saturated rings. The van der Waals surface area contributed by atoms with Crippen LogP contribution < -0.4 is 10.1 Å². The lowest BCUT2D eigenvalue weighted by atomic mass is 9.82. The molecule has 1 aliphatic carbocycles. The largest absolute Gasteiger partial charge is 0.496 e. The molecule has 0 aliphatic heterocycles. The first-order valence-electron chi connectivity index (χ1n) is 9.02. The number of carbonyl (C=O) groups is 2. The van der Waals surface area contributed by atoms with Crippen molar-refractivity contribution in [3.8, 4) is 5.75 Å². The average Bonchev–Trinajstić information content (AvgIpc) is 3.02. The number of rotatable bonds is 5. The Morgan fingerprint density at radius 1 is 1.38 bits per heavy atom. The molecule has 1 heterocycles. The van der Waals surface area contributed by atoms with Crippen molar-refractivity contribution in [2.45, 2.75) is 51.6 Å². The maximum atomic E-state index is 11.6. The number of carbonyl (C=O) groups excluding carboxylic acids is 1. The smallest absolute Gasteiger partial charge is 0.339 e. The fourth-order valence-electron chi connectivity index (χ4n) is 3.81. The minimum atomic E-state index is -1.02. The van der Waals surface area contributed by atoms with E-state index in [1.165, 1.54) is 7.11 Å². The molecular weight excluding hydrogens is 334 g/mol. The van der Waals surface area contributed by atoms with Crippen molar-refractivity contribution in [2.24, 2.45) is 5.92 Å². The first kappa shape index (κ1) is 18.2. The van der Waals surface area contributed by atoms with Gasteiger partial charge in [-0.15, -0.1) is 0 Å². The predicted octanol–water partition coefficient (Wildman–Crippen LogP) is 3.00. The van der Waals surface area contributed by atoms with Crippen LogP contribution in [0.4, 0.5) is 0 Å². The van der Waals surface area contributed by atoms with Gasteiger partial charge in [-0.2, -0.15) is 5.10 Å². The van der Waals surface area contributed by atoms with Gasteiger partial charge in [0, 0.05) is 30.1 Å². The minimum Gasteiger partial charge on any atom is -0.496 e. The lowest BCUT2D eigenvalue weighted by molar-refractivity contribution is -0.121. The van der Waals surface area contributed by atoms with Crippen molar-refractivity contribution in [3.05, 3.63) is 23.9 Å². The van der Waals surface area contributed by atoms with Gasteiger partial charge in [0.2, 0.25) is 5.91 Å². The maximum absolute atomic E-state index is 11.6. The highest BCUT2D eigenvalue weighted by Crippen LogP contribution is 2.35. The Bertz CT molecular complexity index is 830. The quantitative estimate of drug-likeness (QED) is 0.856. The zero-order valence-corrected chi connectivity index (χ0v) is 15.4. The number of hydrogen-bond donors (Lipinski definition) is 2. The highest BCUT2D eigenvalue weighted by molar-refractivity contribution is 5.96. The van der Waals surface area contributed by atoms with Crippen molar-refractivity contribution in [1.29, 1.82) is 0 Å². The molecular formula is C19H25N3O4. The summed E-state index contributed by atoms with van der Waals surface area (Å²) in [5, 5.41) is 17.9. The van der Waals surface area contributed by atoms with Crippen LogP contribution in [0.1, 0.15) is 55.9 Å². The second-order valence-electron chi connectivity index (χ2n) is 7.00. The number of nitrogens with one attached hydrogen (secondary N) is 1. The molecule has 1 aromatic carbocycles. The third-order valence-corrected chi connectivity index (χ3v) is 5.22. The van der Waals surface area contributed by atoms with Crippen LogP contribution >= 0.6 is 0 Å². The number of benzene rings is 1. The van der Waals surface area contributed by atoms with E-state index in [1.807, 2.05) is 17.8 Å². The Morgan fingerprint density at radius 3 is 2.77 bits per heavy atom. The second-order valence-corrected chi connectivity index (χ2v) is 7.00. The van der Waals surface area contributed by atoms with Crippen molar-refractivity contribution >= 4 is 22.8 Å². The number of carboxylic acids is 1. The Morgan fingerprint density at radius 2 is 2.15 bits per heavy atom. The number of carboxylic acid groups (broad SMARTS) is 1. The third kappa shape index (κ3) is 3.52. The topological polar surface area (TPSA) is 93.5 Å². The van der Waals surface area contributed by atoms with Gasteiger partial charge in [-0.25, -0.2) is 4.79 Å². The fraction of sp³-hybridized carbons (Fsp3) is 0.526. The van der Waals surface area contributed by atoms with E-state index in [9.17, 15) is 14.7 Å². The number of aromatic carboxylic acids is 1. The molecule has 0 spiro atoms. The van der Waals surface area contributed by atoms with E-state index in [4.69, 9.17) is 4.74 Å². The van der Waals surface area contributed by atoms with Crippen LogP contribution in [-0.2, 0) is 4.79 Å². The number of fused-ring (bicyclic) bond motifs is 1. The molecule has 3 rings (SSSR count). The summed E-state index contributed by atoms with van der Waals surface area (Å²) >= 11 is 0. The van der Waals surface area contributed by atoms with Crippen LogP contribution in [-0.4, -0.2) is 39.9 Å². The first-order chi connectivity index (χ1) is 12.4. The molecule has 0 bridgehead atoms. The normalized spacial score (nSPS) is 23.0. The van der Waals surface area contributed by atoms with Gasteiger partial charge in [0.05, 0.1) is 18.7 Å². The molecule has 2 N–H and O–H groups in total. The summed E-state index contributed by atoms with van der Waals surface area (Å²) in [6, 6.07) is 3.74. The summed E-state index contributed by atoms with van der Waals surface area (Å²) in [6.07, 6.45) is 5.17. The van der Waals surface area contributed by atoms with Crippen molar-refractivity contribution < 1.29 is 19.4 Å². The summed E-state index contributed by atoms with van der Waals surface area (Å²) < 4.78 is 7.12. The molecule has 2 aromatic rings. The number of ether oxygens (including phenoxy) is 1. The maximum Gasteiger partial charge on any atom is 0.339 e. The van der Waals surface area contributed by atoms with Crippen molar-refractivity contribution in [3.63, 3.8) is 0 Å². The van der Waals surface area contributed by atoms with E-state index in [0.29, 0.717) is 18.1 Å². The monoisotopic (exact) mass is 359 g/mol. The summed E-state index contributed by atoms with van der Waals surface area (Å²) in [5.41, 5.74) is 0.860. The van der Waals surface area contributed by atoms with Crippen molar-refractivity contribution in [2.75, 3.05) is 7.11 Å². The molecule has 7 nitrogen and oxygen atoms in total. The van der Waals surface area contributed by atoms with Gasteiger partial charge in [-0.3, -0.25) is 9.48 Å². The SMILES string of the molecule is CCC(=O)NC1CC[C@@H](n2cc3cc(C(=O)O)c(OC)cc3n2)[C@H](C)C1. The number of hydrogen-bond acceptors (Lipinski definition) is 4. The van der Waals surface area contributed by atoms with Crippen LogP contribution in [0.5, 0.6) is 5.75 Å². The van der Waals surface area contributed by atoms with E-state index in [0.717, 1.165) is 30.2 Å². The fourth-order valence-corrected chi connectivity index (χ4v) is 3.81. The van der Waals surface area contributed by atoms with Gasteiger partial charge in [-0.1, -0.05) is 13.8 Å². The zero-order chi connectivity index (χ0) is 18.8. The molecule has 1 aromatic heterocycles. The average molecular weight is 359 g/mol. The molecule has 0 radical (unpaired) electrons. The number of nitrogens with zero attached hydrogens (tertiary/aromatic N) is 2. The van der Waals surface area contributed by atoms with Crippen LogP contribution in [0.25, 0.3) is 10.9 Å². The summed E-state index contributed by atoms with van der Waals surface area (Å²) in [6.45, 7) is 4.03. The molecule has 1 saturated carbocycles. The van der Waals surface area contributed by atoms with E-state index in [2.05, 4.69) is 17.3 Å². The van der Waals surface area contributed by atoms with E-state index in [-0.39, 0.29) is 23.6 Å². The molecule has 7 heteroatoms. The number of amides is 1. The van der Waals surface area contributed by atoms with Crippen LogP contribution in [0.15, 0.2) is 18.3 Å². The minimum absolute atomic E-state index is 0.0961. The molecule has 1 amide bonds. The molecule has 140 valence electrons. The highest BCUT2D eigenvalue weighted by Gasteiger charge is 2.30. The Kier molecular flexibility index (Phi) is 5.15. The molecule has 26 heavy (non-hydrogen) atoms. The predicted molar refractivity (Wildman–Crippen MR) is 97.5 cm³/mol. The molecule has 3 atom stereocenters. The van der Waals surface area contributed by atoms with Gasteiger partial charge in [0.25, 0.3) is 0 Å². The Hall–Kier alpha value is -2.57. The molecule has 1 unspecified atom stereocenters. The van der Waals surface area contributed by atoms with Gasteiger partial charge in [0.1, 0.15) is 11.3 Å². The molecule has 0 saturated heterocycles. The Balaban J connectivity index is 1.82. The van der Waals surface area contributed by atoms with Crippen LogP contribution in [0, 0.1) is 5.92 Å². The summed E-state index contributed by atoms with van der Waals surface area (Å²) in [5.74, 6) is -0.244. The van der Waals surface area contributed by atoms with E-state index < -0.39 is 5.97 Å². The van der Waals surface area contributed by atoms with Crippen LogP contribution in [0.3, 0.4) is 0 Å². The van der Waals surface area contributed by atoms with Gasteiger partial charge >= 0.3 is 5.97 Å². The number of aromatic nitrogens is 2. The third-order valence-electron chi connectivity index (χ3n) is 5.22. The number of methoxy groups -OCH3 is 1. The Labute approximate surface area is 152 Å². The highest BCUT2D eigenvalue weighted by atomic mass is 16.5. The summed E-state index contributed by atoms with van der Waals surface area (Å²) in [4.78, 5) is 23.0. The van der Waals surface area contributed by atoms with Gasteiger partial charge in [0.15, 0.2) is 0 Å². The zero-order valence-electron chi connectivity index (χ0n) is 15.4. The van der Waals surface area contributed by atoms with Crippen molar-refractivity contribution in [1.82, 2.24) is 15.1 Å². The van der Waals surface area contributed by atoms with Gasteiger partial charge in [-0.05, 0) is 31.2 Å².